The smallest absolute Gasteiger partial charge is 0.00926 e. The van der Waals surface area contributed by atoms with Crippen molar-refractivity contribution in [2.75, 3.05) is 13.6 Å². The quantitative estimate of drug-likeness (QED) is 0.445. The SMILES string of the molecule is C#CCCCCCCCCC1CCCN1C. The van der Waals surface area contributed by atoms with Crippen LogP contribution < -0.4 is 0 Å². The molecule has 92 valence electrons. The van der Waals surface area contributed by atoms with Crippen LogP contribution in [0, 0.1) is 12.3 Å². The highest BCUT2D eigenvalue weighted by Gasteiger charge is 2.19. The summed E-state index contributed by atoms with van der Waals surface area (Å²) in [6, 6.07) is 0.890. The third-order valence-electron chi connectivity index (χ3n) is 3.78. The van der Waals surface area contributed by atoms with Gasteiger partial charge in [0.2, 0.25) is 0 Å². The maximum atomic E-state index is 5.22. The molecule has 16 heavy (non-hydrogen) atoms. The van der Waals surface area contributed by atoms with Crippen molar-refractivity contribution >= 4 is 0 Å². The van der Waals surface area contributed by atoms with Gasteiger partial charge in [-0.2, -0.15) is 0 Å². The molecule has 1 nitrogen and oxygen atoms in total. The highest BCUT2D eigenvalue weighted by Crippen LogP contribution is 2.20. The molecular weight excluding hydrogens is 194 g/mol. The van der Waals surface area contributed by atoms with Crippen LogP contribution in [0.1, 0.15) is 64.2 Å². The summed E-state index contributed by atoms with van der Waals surface area (Å²) in [5.74, 6) is 2.71. The number of nitrogens with zero attached hydrogens (tertiary/aromatic N) is 1. The second-order valence-electron chi connectivity index (χ2n) is 5.14. The van der Waals surface area contributed by atoms with E-state index in [1.54, 1.807) is 0 Å². The van der Waals surface area contributed by atoms with Crippen molar-refractivity contribution in [2.24, 2.45) is 0 Å². The zero-order valence-corrected chi connectivity index (χ0v) is 10.9. The molecule has 1 fully saturated rings. The second-order valence-corrected chi connectivity index (χ2v) is 5.14. The molecule has 0 radical (unpaired) electrons. The molecule has 0 aromatic heterocycles. The molecule has 0 N–H and O–H groups in total. The van der Waals surface area contributed by atoms with E-state index in [1.165, 1.54) is 64.3 Å². The van der Waals surface area contributed by atoms with Gasteiger partial charge in [-0.25, -0.2) is 0 Å². The van der Waals surface area contributed by atoms with Crippen LogP contribution in [0.3, 0.4) is 0 Å². The molecule has 0 saturated carbocycles. The highest BCUT2D eigenvalue weighted by atomic mass is 15.1. The number of likely N-dealkylation sites (tertiary alicyclic amines) is 1. The average Bonchev–Trinajstić information content (AvgIpc) is 2.68. The van der Waals surface area contributed by atoms with E-state index in [0.717, 1.165) is 12.5 Å². The van der Waals surface area contributed by atoms with Crippen molar-refractivity contribution in [1.82, 2.24) is 4.90 Å². The van der Waals surface area contributed by atoms with Gasteiger partial charge in [-0.1, -0.05) is 32.1 Å². The van der Waals surface area contributed by atoms with Crippen molar-refractivity contribution in [1.29, 1.82) is 0 Å². The first-order valence-corrected chi connectivity index (χ1v) is 6.98. The van der Waals surface area contributed by atoms with Crippen molar-refractivity contribution in [2.45, 2.75) is 70.3 Å². The molecule has 0 aliphatic carbocycles. The average molecular weight is 221 g/mol. The summed E-state index contributed by atoms with van der Waals surface area (Å²) in [4.78, 5) is 2.53. The van der Waals surface area contributed by atoms with Gasteiger partial charge in [0.15, 0.2) is 0 Å². The van der Waals surface area contributed by atoms with Crippen LogP contribution in [0.5, 0.6) is 0 Å². The van der Waals surface area contributed by atoms with Crippen LogP contribution >= 0.6 is 0 Å². The topological polar surface area (TPSA) is 3.24 Å². The van der Waals surface area contributed by atoms with Crippen molar-refractivity contribution in [3.63, 3.8) is 0 Å². The minimum absolute atomic E-state index is 0.890. The Kier molecular flexibility index (Phi) is 7.34. The van der Waals surface area contributed by atoms with E-state index >= 15 is 0 Å². The lowest BCUT2D eigenvalue weighted by Crippen LogP contribution is -2.24. The molecule has 1 atom stereocenters. The summed E-state index contributed by atoms with van der Waals surface area (Å²) < 4.78 is 0. The Morgan fingerprint density at radius 2 is 1.81 bits per heavy atom. The van der Waals surface area contributed by atoms with Gasteiger partial charge in [0.25, 0.3) is 0 Å². The molecule has 1 aliphatic rings. The number of unbranched alkanes of at least 4 members (excludes halogenated alkanes) is 6. The first-order chi connectivity index (χ1) is 7.84. The summed E-state index contributed by atoms with van der Waals surface area (Å²) >= 11 is 0. The lowest BCUT2D eigenvalue weighted by Gasteiger charge is -2.18. The highest BCUT2D eigenvalue weighted by molar-refractivity contribution is 4.82. The van der Waals surface area contributed by atoms with E-state index in [1.807, 2.05) is 0 Å². The molecule has 0 spiro atoms. The molecule has 1 unspecified atom stereocenters. The maximum Gasteiger partial charge on any atom is 0.00926 e. The van der Waals surface area contributed by atoms with E-state index in [-0.39, 0.29) is 0 Å². The fourth-order valence-corrected chi connectivity index (χ4v) is 2.66. The third kappa shape index (κ3) is 5.56. The predicted octanol–water partition coefficient (Wildman–Crippen LogP) is 3.83. The van der Waals surface area contributed by atoms with Gasteiger partial charge < -0.3 is 4.90 Å². The summed E-state index contributed by atoms with van der Waals surface area (Å²) in [6.45, 7) is 1.32. The van der Waals surface area contributed by atoms with Crippen molar-refractivity contribution < 1.29 is 0 Å². The van der Waals surface area contributed by atoms with Gasteiger partial charge in [-0.05, 0) is 39.3 Å². The van der Waals surface area contributed by atoms with Crippen molar-refractivity contribution in [3.8, 4) is 12.3 Å². The number of hydrogen-bond donors (Lipinski definition) is 0. The van der Waals surface area contributed by atoms with Crippen LogP contribution in [0.25, 0.3) is 0 Å². The van der Waals surface area contributed by atoms with Gasteiger partial charge in [-0.15, -0.1) is 12.3 Å². The fraction of sp³-hybridized carbons (Fsp3) is 0.867. The Bertz CT molecular complexity index is 204. The van der Waals surface area contributed by atoms with Gasteiger partial charge in [-0.3, -0.25) is 0 Å². The second kappa shape index (κ2) is 8.65. The molecular formula is C15H27N. The predicted molar refractivity (Wildman–Crippen MR) is 71.4 cm³/mol. The molecule has 1 rings (SSSR count). The van der Waals surface area contributed by atoms with E-state index in [4.69, 9.17) is 6.42 Å². The van der Waals surface area contributed by atoms with Crippen LogP contribution in [0.15, 0.2) is 0 Å². The summed E-state index contributed by atoms with van der Waals surface area (Å²) in [6.07, 6.45) is 18.6. The molecule has 1 saturated heterocycles. The zero-order valence-electron chi connectivity index (χ0n) is 10.9. The molecule has 1 heteroatoms. The summed E-state index contributed by atoms with van der Waals surface area (Å²) in [7, 11) is 2.28. The van der Waals surface area contributed by atoms with Crippen LogP contribution in [0.4, 0.5) is 0 Å². The van der Waals surface area contributed by atoms with Gasteiger partial charge in [0.05, 0.1) is 0 Å². The van der Waals surface area contributed by atoms with E-state index < -0.39 is 0 Å². The first kappa shape index (κ1) is 13.6. The molecule has 0 aromatic carbocycles. The minimum Gasteiger partial charge on any atom is -0.303 e. The van der Waals surface area contributed by atoms with Crippen LogP contribution in [0.2, 0.25) is 0 Å². The summed E-state index contributed by atoms with van der Waals surface area (Å²) in [5.41, 5.74) is 0. The Labute approximate surface area is 102 Å². The van der Waals surface area contributed by atoms with Gasteiger partial charge >= 0.3 is 0 Å². The third-order valence-corrected chi connectivity index (χ3v) is 3.78. The lowest BCUT2D eigenvalue weighted by molar-refractivity contribution is 0.289. The Balaban J connectivity index is 1.83. The van der Waals surface area contributed by atoms with E-state index in [2.05, 4.69) is 17.9 Å². The van der Waals surface area contributed by atoms with Crippen LogP contribution in [-0.2, 0) is 0 Å². The van der Waals surface area contributed by atoms with Crippen molar-refractivity contribution in [3.05, 3.63) is 0 Å². The van der Waals surface area contributed by atoms with E-state index in [0.29, 0.717) is 0 Å². The lowest BCUT2D eigenvalue weighted by atomic mass is 10.0. The molecule has 0 aromatic rings. The molecule has 1 aliphatic heterocycles. The Morgan fingerprint density at radius 3 is 2.44 bits per heavy atom. The molecule has 0 amide bonds. The number of hydrogen-bond acceptors (Lipinski definition) is 1. The monoisotopic (exact) mass is 221 g/mol. The normalized spacial score (nSPS) is 21.1. The standard InChI is InChI=1S/C15H27N/c1-3-4-5-6-7-8-9-10-12-15-13-11-14-16(15)2/h1,15H,4-14H2,2H3. The summed E-state index contributed by atoms with van der Waals surface area (Å²) in [5, 5.41) is 0. The van der Waals surface area contributed by atoms with Gasteiger partial charge in [0, 0.05) is 12.5 Å². The minimum atomic E-state index is 0.890. The number of rotatable bonds is 8. The van der Waals surface area contributed by atoms with Crippen LogP contribution in [-0.4, -0.2) is 24.5 Å². The Morgan fingerprint density at radius 1 is 1.12 bits per heavy atom. The molecule has 0 bridgehead atoms. The van der Waals surface area contributed by atoms with Gasteiger partial charge in [0.1, 0.15) is 0 Å². The first-order valence-electron chi connectivity index (χ1n) is 6.98. The van der Waals surface area contributed by atoms with E-state index in [9.17, 15) is 0 Å². The zero-order chi connectivity index (χ0) is 11.6. The number of terminal acetylenes is 1. The maximum absolute atomic E-state index is 5.22. The largest absolute Gasteiger partial charge is 0.303 e. The Hall–Kier alpha value is -0.480. The fourth-order valence-electron chi connectivity index (χ4n) is 2.66. The molecule has 1 heterocycles.